The van der Waals surface area contributed by atoms with Crippen molar-refractivity contribution in [1.82, 2.24) is 14.8 Å². The zero-order chi connectivity index (χ0) is 22.9. The molecule has 0 saturated heterocycles. The molecule has 0 aliphatic carbocycles. The summed E-state index contributed by atoms with van der Waals surface area (Å²) in [4.78, 5) is 17.4. The monoisotopic (exact) mass is 462 g/mol. The Balaban J connectivity index is 1.54. The topological polar surface area (TPSA) is 87.5 Å². The molecule has 1 N–H and O–H groups in total. The van der Waals surface area contributed by atoms with Crippen molar-refractivity contribution in [2.45, 2.75) is 12.3 Å². The quantitative estimate of drug-likeness (QED) is 0.406. The van der Waals surface area contributed by atoms with E-state index in [0.29, 0.717) is 35.5 Å². The van der Waals surface area contributed by atoms with Gasteiger partial charge in [0.05, 0.1) is 30.6 Å². The molecule has 2 aromatic carbocycles. The number of ether oxygens (including phenoxy) is 3. The van der Waals surface area contributed by atoms with Crippen LogP contribution in [0.4, 0.5) is 5.82 Å². The molecule has 1 atom stereocenters. The summed E-state index contributed by atoms with van der Waals surface area (Å²) in [5.74, 6) is 2.38. The molecule has 5 rings (SSSR count). The number of aromatic nitrogens is 3. The maximum Gasteiger partial charge on any atom is 0.226 e. The minimum absolute atomic E-state index is 0.0806. The van der Waals surface area contributed by atoms with Crippen molar-refractivity contribution in [2.24, 2.45) is 0 Å². The van der Waals surface area contributed by atoms with Gasteiger partial charge >= 0.3 is 0 Å². The van der Waals surface area contributed by atoms with Crippen molar-refractivity contribution in [3.8, 4) is 22.4 Å². The standard InChI is InChI=1S/C24H22N4O4S/c1-4-9-32-19-8-5-14(10-20(19)31-3)16-12-22(29)27-23-17(16)13-25-28(23)24-26-18-7-6-15(30-2)11-21(18)33-24/h4-8,10-11,13,16H,1,9,12H2,2-3H3,(H,27,29). The van der Waals surface area contributed by atoms with Crippen LogP contribution in [0.25, 0.3) is 15.3 Å². The first-order valence-corrected chi connectivity index (χ1v) is 11.2. The lowest BCUT2D eigenvalue weighted by Gasteiger charge is -2.24. The number of fused-ring (bicyclic) bond motifs is 2. The van der Waals surface area contributed by atoms with E-state index in [2.05, 4.69) is 17.0 Å². The number of methoxy groups -OCH3 is 2. The van der Waals surface area contributed by atoms with Crippen LogP contribution in [0.3, 0.4) is 0 Å². The van der Waals surface area contributed by atoms with Crippen LogP contribution < -0.4 is 19.5 Å². The Morgan fingerprint density at radius 1 is 1.21 bits per heavy atom. The lowest BCUT2D eigenvalue weighted by molar-refractivity contribution is -0.116. The van der Waals surface area contributed by atoms with Crippen LogP contribution >= 0.6 is 11.3 Å². The van der Waals surface area contributed by atoms with Crippen LogP contribution in [0.2, 0.25) is 0 Å². The molecule has 4 aromatic rings. The van der Waals surface area contributed by atoms with Gasteiger partial charge in [-0.15, -0.1) is 0 Å². The Labute approximate surface area is 194 Å². The van der Waals surface area contributed by atoms with Gasteiger partial charge in [-0.1, -0.05) is 30.1 Å². The van der Waals surface area contributed by atoms with Crippen LogP contribution in [-0.2, 0) is 4.79 Å². The smallest absolute Gasteiger partial charge is 0.226 e. The van der Waals surface area contributed by atoms with Gasteiger partial charge < -0.3 is 19.5 Å². The van der Waals surface area contributed by atoms with Crippen molar-refractivity contribution in [3.05, 3.63) is 66.4 Å². The first-order chi connectivity index (χ1) is 16.1. The third-order valence-corrected chi connectivity index (χ3v) is 6.53. The fourth-order valence-corrected chi connectivity index (χ4v) is 4.90. The maximum atomic E-state index is 12.7. The molecule has 1 unspecified atom stereocenters. The Bertz CT molecular complexity index is 1360. The van der Waals surface area contributed by atoms with Gasteiger partial charge in [-0.3, -0.25) is 4.79 Å². The Hall–Kier alpha value is -3.85. The van der Waals surface area contributed by atoms with E-state index < -0.39 is 0 Å². The summed E-state index contributed by atoms with van der Waals surface area (Å²) in [6.07, 6.45) is 3.78. The number of thiazole rings is 1. The zero-order valence-corrected chi connectivity index (χ0v) is 19.0. The third kappa shape index (κ3) is 3.80. The molecule has 0 spiro atoms. The van der Waals surface area contributed by atoms with Crippen molar-refractivity contribution < 1.29 is 19.0 Å². The third-order valence-electron chi connectivity index (χ3n) is 5.53. The van der Waals surface area contributed by atoms with Gasteiger partial charge in [-0.25, -0.2) is 4.98 Å². The number of rotatable bonds is 7. The van der Waals surface area contributed by atoms with Crippen LogP contribution in [0.5, 0.6) is 17.2 Å². The van der Waals surface area contributed by atoms with E-state index in [1.54, 1.807) is 31.2 Å². The van der Waals surface area contributed by atoms with Crippen molar-refractivity contribution >= 4 is 33.3 Å². The zero-order valence-electron chi connectivity index (χ0n) is 18.2. The average molecular weight is 463 g/mol. The minimum atomic E-state index is -0.167. The second-order valence-electron chi connectivity index (χ2n) is 7.51. The molecule has 1 aliphatic heterocycles. The molecule has 0 bridgehead atoms. The number of hydrogen-bond donors (Lipinski definition) is 1. The summed E-state index contributed by atoms with van der Waals surface area (Å²) in [6, 6.07) is 11.4. The van der Waals surface area contributed by atoms with Crippen molar-refractivity contribution in [1.29, 1.82) is 0 Å². The number of nitrogens with zero attached hydrogens (tertiary/aromatic N) is 3. The molecule has 33 heavy (non-hydrogen) atoms. The number of amides is 1. The molecule has 0 saturated carbocycles. The number of hydrogen-bond acceptors (Lipinski definition) is 7. The SMILES string of the molecule is C=CCOc1ccc(C2CC(=O)Nc3c2cnn3-c2nc3ccc(OC)cc3s2)cc1OC. The van der Waals surface area contributed by atoms with E-state index in [1.807, 2.05) is 36.4 Å². The number of carbonyl (C=O) groups is 1. The molecule has 2 aromatic heterocycles. The number of carbonyl (C=O) groups excluding carboxylic acids is 1. The molecular formula is C24H22N4O4S. The Kier molecular flexibility index (Phi) is 5.47. The van der Waals surface area contributed by atoms with E-state index in [4.69, 9.17) is 19.2 Å². The number of anilines is 1. The van der Waals surface area contributed by atoms with Gasteiger partial charge in [0, 0.05) is 17.9 Å². The van der Waals surface area contributed by atoms with E-state index in [1.165, 1.54) is 11.3 Å². The second-order valence-corrected chi connectivity index (χ2v) is 8.51. The van der Waals surface area contributed by atoms with Gasteiger partial charge in [0.25, 0.3) is 0 Å². The highest BCUT2D eigenvalue weighted by Gasteiger charge is 2.31. The van der Waals surface area contributed by atoms with Gasteiger partial charge in [0.15, 0.2) is 11.5 Å². The summed E-state index contributed by atoms with van der Waals surface area (Å²) in [5, 5.41) is 8.22. The van der Waals surface area contributed by atoms with Crippen molar-refractivity contribution in [3.63, 3.8) is 0 Å². The van der Waals surface area contributed by atoms with Gasteiger partial charge in [-0.2, -0.15) is 9.78 Å². The first-order valence-electron chi connectivity index (χ1n) is 10.4. The highest BCUT2D eigenvalue weighted by molar-refractivity contribution is 7.20. The number of benzene rings is 2. The lowest BCUT2D eigenvalue weighted by Crippen LogP contribution is -2.24. The molecule has 0 radical (unpaired) electrons. The molecule has 1 amide bonds. The molecule has 3 heterocycles. The van der Waals surface area contributed by atoms with Gasteiger partial charge in [-0.05, 0) is 35.9 Å². The lowest BCUT2D eigenvalue weighted by atomic mass is 9.87. The molecule has 0 fully saturated rings. The van der Waals surface area contributed by atoms with E-state index >= 15 is 0 Å². The van der Waals surface area contributed by atoms with E-state index in [9.17, 15) is 4.79 Å². The predicted octanol–water partition coefficient (Wildman–Crippen LogP) is 4.54. The maximum absolute atomic E-state index is 12.7. The fraction of sp³-hybridized carbons (Fsp3) is 0.208. The molecule has 8 nitrogen and oxygen atoms in total. The van der Waals surface area contributed by atoms with Crippen LogP contribution in [-0.4, -0.2) is 41.5 Å². The van der Waals surface area contributed by atoms with Crippen molar-refractivity contribution in [2.75, 3.05) is 26.1 Å². The van der Waals surface area contributed by atoms with Crippen LogP contribution in [0.1, 0.15) is 23.5 Å². The first kappa shape index (κ1) is 21.0. The van der Waals surface area contributed by atoms with E-state index in [0.717, 1.165) is 27.1 Å². The Morgan fingerprint density at radius 2 is 2.09 bits per heavy atom. The largest absolute Gasteiger partial charge is 0.497 e. The Morgan fingerprint density at radius 3 is 2.88 bits per heavy atom. The average Bonchev–Trinajstić information content (AvgIpc) is 3.45. The summed E-state index contributed by atoms with van der Waals surface area (Å²) >= 11 is 1.48. The molecule has 168 valence electrons. The summed E-state index contributed by atoms with van der Waals surface area (Å²) < 4.78 is 19.2. The minimum Gasteiger partial charge on any atom is -0.497 e. The van der Waals surface area contributed by atoms with Gasteiger partial charge in [0.1, 0.15) is 18.2 Å². The highest BCUT2D eigenvalue weighted by atomic mass is 32.1. The van der Waals surface area contributed by atoms with Crippen LogP contribution in [0.15, 0.2) is 55.3 Å². The molecule has 9 heteroatoms. The predicted molar refractivity (Wildman–Crippen MR) is 127 cm³/mol. The summed E-state index contributed by atoms with van der Waals surface area (Å²) in [7, 11) is 3.23. The molecule has 1 aliphatic rings. The normalized spacial score (nSPS) is 15.1. The number of nitrogens with one attached hydrogen (secondary N) is 1. The fourth-order valence-electron chi connectivity index (χ4n) is 3.94. The van der Waals surface area contributed by atoms with Gasteiger partial charge in [0.2, 0.25) is 11.0 Å². The van der Waals surface area contributed by atoms with E-state index in [-0.39, 0.29) is 11.8 Å². The second kappa shape index (κ2) is 8.59. The highest BCUT2D eigenvalue weighted by Crippen LogP contribution is 2.41. The molecular weight excluding hydrogens is 440 g/mol. The van der Waals surface area contributed by atoms with Crippen LogP contribution in [0, 0.1) is 0 Å². The summed E-state index contributed by atoms with van der Waals surface area (Å²) in [5.41, 5.74) is 2.72. The summed E-state index contributed by atoms with van der Waals surface area (Å²) in [6.45, 7) is 4.06.